The normalized spacial score (nSPS) is 13.9. The van der Waals surface area contributed by atoms with Gasteiger partial charge in [-0.25, -0.2) is 0 Å². The molecule has 1 amide bonds. The summed E-state index contributed by atoms with van der Waals surface area (Å²) in [6, 6.07) is 5.10. The lowest BCUT2D eigenvalue weighted by Gasteiger charge is -2.07. The van der Waals surface area contributed by atoms with Gasteiger partial charge < -0.3 is 14.3 Å². The molecule has 2 aromatic heterocycles. The van der Waals surface area contributed by atoms with Gasteiger partial charge in [0.1, 0.15) is 0 Å². The van der Waals surface area contributed by atoms with Crippen LogP contribution in [0.15, 0.2) is 57.2 Å². The van der Waals surface area contributed by atoms with Crippen molar-refractivity contribution >= 4 is 5.91 Å². The summed E-state index contributed by atoms with van der Waals surface area (Å²) in [4.78, 5) is 12.0. The van der Waals surface area contributed by atoms with Gasteiger partial charge in [0.25, 0.3) is 5.91 Å². The molecule has 3 rings (SSSR count). The summed E-state index contributed by atoms with van der Waals surface area (Å²) in [6.07, 6.45) is 12.3. The van der Waals surface area contributed by atoms with E-state index < -0.39 is 0 Å². The lowest BCUT2D eigenvalue weighted by molar-refractivity contribution is 0.0944. The van der Waals surface area contributed by atoms with E-state index in [9.17, 15) is 4.79 Å². The molecule has 5 heteroatoms. The number of furan rings is 1. The quantitative estimate of drug-likeness (QED) is 0.825. The minimum absolute atomic E-state index is 0.227. The van der Waals surface area contributed by atoms with Gasteiger partial charge in [-0.2, -0.15) is 0 Å². The SMILES string of the molecule is O=C(NCCCC1=CCCC=C1)c1cc(-c2ccco2)on1. The first-order valence-corrected chi connectivity index (χ1v) is 7.47. The first kappa shape index (κ1) is 14.4. The molecule has 2 aromatic rings. The highest BCUT2D eigenvalue weighted by Crippen LogP contribution is 2.20. The van der Waals surface area contributed by atoms with Gasteiger partial charge in [-0.15, -0.1) is 0 Å². The van der Waals surface area contributed by atoms with E-state index >= 15 is 0 Å². The Kier molecular flexibility index (Phi) is 4.53. The van der Waals surface area contributed by atoms with Crippen LogP contribution in [0.2, 0.25) is 0 Å². The molecular weight excluding hydrogens is 280 g/mol. The molecule has 0 aliphatic heterocycles. The zero-order valence-electron chi connectivity index (χ0n) is 12.2. The van der Waals surface area contributed by atoms with Crippen LogP contribution in [0.3, 0.4) is 0 Å². The monoisotopic (exact) mass is 298 g/mol. The molecule has 1 aliphatic rings. The fraction of sp³-hybridized carbons (Fsp3) is 0.294. The minimum Gasteiger partial charge on any atom is -0.461 e. The topological polar surface area (TPSA) is 68.3 Å². The third-order valence-electron chi connectivity index (χ3n) is 3.51. The van der Waals surface area contributed by atoms with E-state index in [2.05, 4.69) is 28.7 Å². The van der Waals surface area contributed by atoms with Crippen LogP contribution in [-0.4, -0.2) is 17.6 Å². The first-order chi connectivity index (χ1) is 10.8. The van der Waals surface area contributed by atoms with Gasteiger partial charge in [0.15, 0.2) is 11.5 Å². The van der Waals surface area contributed by atoms with Gasteiger partial charge in [-0.05, 0) is 37.8 Å². The van der Waals surface area contributed by atoms with Crippen LogP contribution in [0.1, 0.15) is 36.2 Å². The highest BCUT2D eigenvalue weighted by molar-refractivity contribution is 5.92. The van der Waals surface area contributed by atoms with Crippen LogP contribution < -0.4 is 5.32 Å². The van der Waals surface area contributed by atoms with E-state index in [0.29, 0.717) is 18.1 Å². The smallest absolute Gasteiger partial charge is 0.273 e. The third-order valence-corrected chi connectivity index (χ3v) is 3.51. The Morgan fingerprint density at radius 3 is 3.05 bits per heavy atom. The molecule has 114 valence electrons. The van der Waals surface area contributed by atoms with E-state index in [1.165, 1.54) is 5.57 Å². The van der Waals surface area contributed by atoms with Crippen molar-refractivity contribution in [2.45, 2.75) is 25.7 Å². The van der Waals surface area contributed by atoms with Crippen molar-refractivity contribution in [2.75, 3.05) is 6.54 Å². The molecular formula is C17H18N2O3. The van der Waals surface area contributed by atoms with Crippen molar-refractivity contribution in [1.29, 1.82) is 0 Å². The zero-order chi connectivity index (χ0) is 15.2. The van der Waals surface area contributed by atoms with Gasteiger partial charge in [0.05, 0.1) is 6.26 Å². The summed E-state index contributed by atoms with van der Waals surface area (Å²) in [5, 5.41) is 6.62. The van der Waals surface area contributed by atoms with Gasteiger partial charge >= 0.3 is 0 Å². The van der Waals surface area contributed by atoms with Crippen molar-refractivity contribution in [3.8, 4) is 11.5 Å². The molecule has 2 heterocycles. The van der Waals surface area contributed by atoms with Crippen LogP contribution in [0.25, 0.3) is 11.5 Å². The van der Waals surface area contributed by atoms with Crippen LogP contribution in [0, 0.1) is 0 Å². The Hall–Kier alpha value is -2.56. The molecule has 0 unspecified atom stereocenters. The van der Waals surface area contributed by atoms with Crippen molar-refractivity contribution in [2.24, 2.45) is 0 Å². The van der Waals surface area contributed by atoms with Gasteiger partial charge in [0.2, 0.25) is 5.76 Å². The Morgan fingerprint density at radius 2 is 2.27 bits per heavy atom. The van der Waals surface area contributed by atoms with Crippen molar-refractivity contribution in [1.82, 2.24) is 10.5 Å². The van der Waals surface area contributed by atoms with E-state index in [4.69, 9.17) is 8.94 Å². The minimum atomic E-state index is -0.227. The van der Waals surface area contributed by atoms with Crippen molar-refractivity contribution in [3.05, 3.63) is 54.0 Å². The molecule has 5 nitrogen and oxygen atoms in total. The van der Waals surface area contributed by atoms with E-state index in [-0.39, 0.29) is 11.6 Å². The molecule has 0 atom stereocenters. The largest absolute Gasteiger partial charge is 0.461 e. The molecule has 0 fully saturated rings. The van der Waals surface area contributed by atoms with Crippen LogP contribution in [0.4, 0.5) is 0 Å². The van der Waals surface area contributed by atoms with Gasteiger partial charge in [0, 0.05) is 12.6 Å². The maximum Gasteiger partial charge on any atom is 0.273 e. The number of hydrogen-bond acceptors (Lipinski definition) is 4. The average Bonchev–Trinajstić information content (AvgIpc) is 3.22. The predicted octanol–water partition coefficient (Wildman–Crippen LogP) is 3.72. The highest BCUT2D eigenvalue weighted by Gasteiger charge is 2.14. The van der Waals surface area contributed by atoms with Gasteiger partial charge in [-0.3, -0.25) is 4.79 Å². The van der Waals surface area contributed by atoms with E-state index in [1.807, 2.05) is 0 Å². The Labute approximate surface area is 128 Å². The average molecular weight is 298 g/mol. The maximum absolute atomic E-state index is 12.0. The maximum atomic E-state index is 12.0. The summed E-state index contributed by atoms with van der Waals surface area (Å²) in [7, 11) is 0. The third kappa shape index (κ3) is 3.55. The van der Waals surface area contributed by atoms with Gasteiger partial charge in [-0.1, -0.05) is 29.0 Å². The molecule has 0 aromatic carbocycles. The lowest BCUT2D eigenvalue weighted by atomic mass is 10.0. The summed E-state index contributed by atoms with van der Waals surface area (Å²) < 4.78 is 10.3. The molecule has 0 spiro atoms. The zero-order valence-corrected chi connectivity index (χ0v) is 12.2. The molecule has 1 aliphatic carbocycles. The number of hydrogen-bond donors (Lipinski definition) is 1. The molecule has 0 saturated carbocycles. The number of nitrogens with zero attached hydrogens (tertiary/aromatic N) is 1. The molecule has 0 radical (unpaired) electrons. The fourth-order valence-corrected chi connectivity index (χ4v) is 2.36. The number of amides is 1. The molecule has 22 heavy (non-hydrogen) atoms. The standard InChI is InChI=1S/C17H18N2O3/c20-17(18-10-4-8-13-6-2-1-3-7-13)14-12-16(22-19-14)15-9-5-11-21-15/h2,5-7,9,11-12H,1,3-4,8,10H2,(H,18,20). The second kappa shape index (κ2) is 6.93. The summed E-state index contributed by atoms with van der Waals surface area (Å²) in [5.41, 5.74) is 1.62. The Balaban J connectivity index is 1.46. The van der Waals surface area contributed by atoms with Crippen molar-refractivity contribution < 1.29 is 13.7 Å². The summed E-state index contributed by atoms with van der Waals surface area (Å²) in [6.45, 7) is 0.618. The van der Waals surface area contributed by atoms with Crippen LogP contribution in [0.5, 0.6) is 0 Å². The molecule has 1 N–H and O–H groups in total. The lowest BCUT2D eigenvalue weighted by Crippen LogP contribution is -2.24. The highest BCUT2D eigenvalue weighted by atomic mass is 16.5. The number of carbonyl (C=O) groups is 1. The second-order valence-corrected chi connectivity index (χ2v) is 5.17. The number of nitrogens with one attached hydrogen (secondary N) is 1. The van der Waals surface area contributed by atoms with Crippen molar-refractivity contribution in [3.63, 3.8) is 0 Å². The molecule has 0 saturated heterocycles. The summed E-state index contributed by atoms with van der Waals surface area (Å²) in [5.74, 6) is 0.782. The first-order valence-electron chi connectivity index (χ1n) is 7.47. The fourth-order valence-electron chi connectivity index (χ4n) is 2.36. The van der Waals surface area contributed by atoms with E-state index in [1.54, 1.807) is 24.5 Å². The predicted molar refractivity (Wildman–Crippen MR) is 82.2 cm³/mol. The number of aromatic nitrogens is 1. The number of rotatable bonds is 6. The van der Waals surface area contributed by atoms with Crippen LogP contribution >= 0.6 is 0 Å². The second-order valence-electron chi connectivity index (χ2n) is 5.17. The van der Waals surface area contributed by atoms with E-state index in [0.717, 1.165) is 25.7 Å². The summed E-state index contributed by atoms with van der Waals surface area (Å²) >= 11 is 0. The Bertz CT molecular complexity index is 681. The molecule has 0 bridgehead atoms. The van der Waals surface area contributed by atoms with Crippen LogP contribution in [-0.2, 0) is 0 Å². The number of carbonyl (C=O) groups excluding carboxylic acids is 1. The Morgan fingerprint density at radius 1 is 1.32 bits per heavy atom. The number of allylic oxidation sites excluding steroid dienone is 4.